The molecule has 3 amide bonds. The smallest absolute Gasteiger partial charge is 0.319 e. The molecule has 2 heterocycles. The summed E-state index contributed by atoms with van der Waals surface area (Å²) in [6, 6.07) is 4.51. The average molecular weight is 345 g/mol. The number of hydrogen-bond acceptors (Lipinski definition) is 4. The zero-order valence-corrected chi connectivity index (χ0v) is 14.1. The summed E-state index contributed by atoms with van der Waals surface area (Å²) >= 11 is 0. The van der Waals surface area contributed by atoms with Crippen LogP contribution in [0.3, 0.4) is 0 Å². The highest BCUT2D eigenvalue weighted by Crippen LogP contribution is 2.46. The van der Waals surface area contributed by atoms with Crippen LogP contribution in [0.4, 0.5) is 10.5 Å². The standard InChI is InChI=1S/C18H23N3O4/c22-16-13(5-4-10-19-16)21-17(23)20-12-6-7-14-15(11-12)25-18(24-14)8-2-1-3-9-18/h6-7,11,13H,1-5,8-10H2,(H,19,22)(H2,20,21,23)/t13-/m0/s1. The van der Waals surface area contributed by atoms with Crippen molar-refractivity contribution in [2.45, 2.75) is 56.8 Å². The van der Waals surface area contributed by atoms with E-state index in [2.05, 4.69) is 16.0 Å². The Bertz CT molecular complexity index is 685. The van der Waals surface area contributed by atoms with E-state index < -0.39 is 17.9 Å². The maximum Gasteiger partial charge on any atom is 0.319 e. The quantitative estimate of drug-likeness (QED) is 0.768. The van der Waals surface area contributed by atoms with Gasteiger partial charge in [-0.1, -0.05) is 6.42 Å². The first kappa shape index (κ1) is 16.1. The van der Waals surface area contributed by atoms with Crippen LogP contribution in [0.5, 0.6) is 11.5 Å². The first-order chi connectivity index (χ1) is 12.1. The number of urea groups is 1. The predicted molar refractivity (Wildman–Crippen MR) is 91.7 cm³/mol. The zero-order chi connectivity index (χ0) is 17.3. The van der Waals surface area contributed by atoms with Crippen LogP contribution in [0.2, 0.25) is 0 Å². The second-order valence-corrected chi connectivity index (χ2v) is 6.92. The van der Waals surface area contributed by atoms with Gasteiger partial charge in [0.05, 0.1) is 0 Å². The van der Waals surface area contributed by atoms with Crippen LogP contribution < -0.4 is 25.4 Å². The first-order valence-corrected chi connectivity index (χ1v) is 9.01. The Morgan fingerprint density at radius 2 is 1.92 bits per heavy atom. The summed E-state index contributed by atoms with van der Waals surface area (Å²) < 4.78 is 12.1. The number of rotatable bonds is 2. The summed E-state index contributed by atoms with van der Waals surface area (Å²) in [6.45, 7) is 0.669. The second kappa shape index (κ2) is 6.46. The summed E-state index contributed by atoms with van der Waals surface area (Å²) in [6.07, 6.45) is 6.72. The number of nitrogens with one attached hydrogen (secondary N) is 3. The molecule has 1 spiro atoms. The lowest BCUT2D eigenvalue weighted by atomic mass is 9.94. The molecule has 2 aliphatic heterocycles. The molecule has 0 bridgehead atoms. The summed E-state index contributed by atoms with van der Waals surface area (Å²) in [7, 11) is 0. The maximum absolute atomic E-state index is 12.1. The van der Waals surface area contributed by atoms with Crippen molar-refractivity contribution in [1.82, 2.24) is 10.6 Å². The number of carbonyl (C=O) groups is 2. The minimum Gasteiger partial charge on any atom is -0.448 e. The topological polar surface area (TPSA) is 88.7 Å². The Kier molecular flexibility index (Phi) is 4.15. The number of anilines is 1. The Balaban J connectivity index is 1.39. The molecule has 0 radical (unpaired) electrons. The van der Waals surface area contributed by atoms with E-state index in [-0.39, 0.29) is 5.91 Å². The maximum atomic E-state index is 12.1. The molecule has 0 aromatic heterocycles. The second-order valence-electron chi connectivity index (χ2n) is 6.92. The Labute approximate surface area is 146 Å². The number of fused-ring (bicyclic) bond motifs is 1. The lowest BCUT2D eigenvalue weighted by Crippen LogP contribution is -2.51. The Morgan fingerprint density at radius 1 is 1.12 bits per heavy atom. The number of hydrogen-bond donors (Lipinski definition) is 3. The molecule has 4 rings (SSSR count). The predicted octanol–water partition coefficient (Wildman–Crippen LogP) is 2.52. The van der Waals surface area contributed by atoms with E-state index in [1.54, 1.807) is 12.1 Å². The van der Waals surface area contributed by atoms with E-state index in [4.69, 9.17) is 9.47 Å². The fraction of sp³-hybridized carbons (Fsp3) is 0.556. The molecule has 3 N–H and O–H groups in total. The van der Waals surface area contributed by atoms with Gasteiger partial charge >= 0.3 is 6.03 Å². The zero-order valence-electron chi connectivity index (χ0n) is 14.1. The van der Waals surface area contributed by atoms with Crippen LogP contribution in [0.1, 0.15) is 44.9 Å². The fourth-order valence-electron chi connectivity index (χ4n) is 3.70. The van der Waals surface area contributed by atoms with Gasteiger partial charge in [-0.05, 0) is 37.8 Å². The molecule has 1 saturated carbocycles. The Hall–Kier alpha value is -2.44. The average Bonchev–Trinajstić information content (AvgIpc) is 2.94. The van der Waals surface area contributed by atoms with Crippen LogP contribution >= 0.6 is 0 Å². The molecular weight excluding hydrogens is 322 g/mol. The van der Waals surface area contributed by atoms with Gasteiger partial charge in [-0.3, -0.25) is 4.79 Å². The van der Waals surface area contributed by atoms with E-state index in [0.717, 1.165) is 37.9 Å². The largest absolute Gasteiger partial charge is 0.448 e. The van der Waals surface area contributed by atoms with Crippen molar-refractivity contribution in [3.63, 3.8) is 0 Å². The van der Waals surface area contributed by atoms with Crippen molar-refractivity contribution in [2.24, 2.45) is 0 Å². The number of benzene rings is 1. The van der Waals surface area contributed by atoms with Crippen molar-refractivity contribution < 1.29 is 19.1 Å². The van der Waals surface area contributed by atoms with Crippen LogP contribution in [-0.4, -0.2) is 30.3 Å². The van der Waals surface area contributed by atoms with E-state index in [1.165, 1.54) is 6.42 Å². The van der Waals surface area contributed by atoms with E-state index in [0.29, 0.717) is 24.4 Å². The van der Waals surface area contributed by atoms with E-state index >= 15 is 0 Å². The molecule has 0 unspecified atom stereocenters. The minimum absolute atomic E-state index is 0.133. The van der Waals surface area contributed by atoms with Gasteiger partial charge in [-0.2, -0.15) is 0 Å². The third-order valence-corrected chi connectivity index (χ3v) is 5.00. The molecular formula is C18H23N3O4. The Morgan fingerprint density at radius 3 is 2.72 bits per heavy atom. The summed E-state index contributed by atoms with van der Waals surface area (Å²) in [5.41, 5.74) is 0.615. The van der Waals surface area contributed by atoms with Gasteiger partial charge < -0.3 is 25.4 Å². The molecule has 25 heavy (non-hydrogen) atoms. The normalized spacial score (nSPS) is 23.8. The number of piperidine rings is 1. The fourth-order valence-corrected chi connectivity index (χ4v) is 3.70. The van der Waals surface area contributed by atoms with Gasteiger partial charge in [-0.15, -0.1) is 0 Å². The van der Waals surface area contributed by atoms with Gasteiger partial charge in [-0.25, -0.2) is 4.79 Å². The van der Waals surface area contributed by atoms with Gasteiger partial charge in [0.15, 0.2) is 11.5 Å². The summed E-state index contributed by atoms with van der Waals surface area (Å²) in [4.78, 5) is 23.9. The van der Waals surface area contributed by atoms with Gasteiger partial charge in [0.2, 0.25) is 5.91 Å². The van der Waals surface area contributed by atoms with Crippen molar-refractivity contribution in [3.8, 4) is 11.5 Å². The molecule has 1 aromatic carbocycles. The van der Waals surface area contributed by atoms with Crippen molar-refractivity contribution >= 4 is 17.6 Å². The molecule has 7 heteroatoms. The number of ether oxygens (including phenoxy) is 2. The third kappa shape index (κ3) is 3.36. The van der Waals surface area contributed by atoms with E-state index in [1.807, 2.05) is 6.07 Å². The lowest BCUT2D eigenvalue weighted by Gasteiger charge is -2.31. The van der Waals surface area contributed by atoms with Crippen LogP contribution in [0, 0.1) is 0 Å². The highest BCUT2D eigenvalue weighted by atomic mass is 16.7. The third-order valence-electron chi connectivity index (χ3n) is 5.00. The molecule has 1 aromatic rings. The molecule has 1 atom stereocenters. The minimum atomic E-state index is -0.526. The molecule has 7 nitrogen and oxygen atoms in total. The van der Waals surface area contributed by atoms with Crippen LogP contribution in [0.15, 0.2) is 18.2 Å². The highest BCUT2D eigenvalue weighted by Gasteiger charge is 2.42. The van der Waals surface area contributed by atoms with Gasteiger partial charge in [0, 0.05) is 31.1 Å². The number of carbonyl (C=O) groups excluding carboxylic acids is 2. The van der Waals surface area contributed by atoms with Gasteiger partial charge in [0.1, 0.15) is 6.04 Å². The van der Waals surface area contributed by atoms with Crippen LogP contribution in [0.25, 0.3) is 0 Å². The molecule has 1 saturated heterocycles. The number of amides is 3. The summed E-state index contributed by atoms with van der Waals surface area (Å²) in [5, 5.41) is 8.22. The molecule has 2 fully saturated rings. The first-order valence-electron chi connectivity index (χ1n) is 9.01. The van der Waals surface area contributed by atoms with E-state index in [9.17, 15) is 9.59 Å². The van der Waals surface area contributed by atoms with Crippen molar-refractivity contribution in [1.29, 1.82) is 0 Å². The molecule has 1 aliphatic carbocycles. The lowest BCUT2D eigenvalue weighted by molar-refractivity contribution is -0.124. The molecule has 134 valence electrons. The SMILES string of the molecule is O=C(Nc1ccc2c(c1)OC1(CCCCC1)O2)N[C@H]1CCCNC1=O. The monoisotopic (exact) mass is 345 g/mol. The van der Waals surface area contributed by atoms with Crippen LogP contribution in [-0.2, 0) is 4.79 Å². The van der Waals surface area contributed by atoms with Gasteiger partial charge in [0.25, 0.3) is 5.79 Å². The van der Waals surface area contributed by atoms with Crippen molar-refractivity contribution in [2.75, 3.05) is 11.9 Å². The summed E-state index contributed by atoms with van der Waals surface area (Å²) in [5.74, 6) is 0.725. The highest BCUT2D eigenvalue weighted by molar-refractivity contribution is 5.94. The molecule has 3 aliphatic rings. The van der Waals surface area contributed by atoms with Crippen molar-refractivity contribution in [3.05, 3.63) is 18.2 Å².